The number of nitrogens with two attached hydrogens (primary N) is 1. The number of hydrogen-bond donors (Lipinski definition) is 2. The smallest absolute Gasteiger partial charge is 0.275 e. The fraction of sp³-hybridized carbons (Fsp3) is 0.286. The van der Waals surface area contributed by atoms with Crippen LogP contribution in [0.25, 0.3) is 0 Å². The number of aryl methyl sites for hydroxylation is 2. The Morgan fingerprint density at radius 1 is 1.32 bits per heavy atom. The van der Waals surface area contributed by atoms with Gasteiger partial charge in [-0.05, 0) is 24.0 Å². The predicted octanol–water partition coefficient (Wildman–Crippen LogP) is 3.10. The van der Waals surface area contributed by atoms with Crippen molar-refractivity contribution in [2.45, 2.75) is 26.7 Å². The summed E-state index contributed by atoms with van der Waals surface area (Å²) >= 11 is 1.27. The van der Waals surface area contributed by atoms with Crippen molar-refractivity contribution in [1.29, 1.82) is 0 Å². The minimum atomic E-state index is -0.205. The van der Waals surface area contributed by atoms with E-state index < -0.39 is 0 Å². The first-order valence-corrected chi connectivity index (χ1v) is 7.16. The van der Waals surface area contributed by atoms with Crippen LogP contribution in [0.4, 0.5) is 10.8 Å². The van der Waals surface area contributed by atoms with Crippen molar-refractivity contribution in [3.05, 3.63) is 40.4 Å². The number of hydrogen-bond acceptors (Lipinski definition) is 4. The lowest BCUT2D eigenvalue weighted by atomic mass is 10.0. The van der Waals surface area contributed by atoms with E-state index in [1.807, 2.05) is 18.2 Å². The van der Waals surface area contributed by atoms with Gasteiger partial charge in [0.15, 0.2) is 5.13 Å². The maximum Gasteiger partial charge on any atom is 0.275 e. The Bertz CT molecular complexity index is 570. The van der Waals surface area contributed by atoms with Crippen molar-refractivity contribution in [2.24, 2.45) is 0 Å². The molecule has 0 unspecified atom stereocenters. The van der Waals surface area contributed by atoms with Crippen LogP contribution in [-0.2, 0) is 12.8 Å². The van der Waals surface area contributed by atoms with Crippen molar-refractivity contribution < 1.29 is 4.79 Å². The number of nitrogens with zero attached hydrogens (tertiary/aromatic N) is 1. The van der Waals surface area contributed by atoms with E-state index in [2.05, 4.69) is 24.1 Å². The first-order chi connectivity index (χ1) is 9.15. The SMILES string of the molecule is CCc1cccc(CC)c1NC(=O)c1csc(N)n1. The van der Waals surface area contributed by atoms with Crippen LogP contribution < -0.4 is 11.1 Å². The highest BCUT2D eigenvalue weighted by Crippen LogP contribution is 2.23. The van der Waals surface area contributed by atoms with Crippen molar-refractivity contribution in [1.82, 2.24) is 4.98 Å². The highest BCUT2D eigenvalue weighted by molar-refractivity contribution is 7.13. The van der Waals surface area contributed by atoms with E-state index in [0.717, 1.165) is 29.7 Å². The summed E-state index contributed by atoms with van der Waals surface area (Å²) in [5.41, 5.74) is 9.10. The Kier molecular flexibility index (Phi) is 4.16. The van der Waals surface area contributed by atoms with Crippen molar-refractivity contribution in [2.75, 3.05) is 11.1 Å². The maximum absolute atomic E-state index is 12.1. The van der Waals surface area contributed by atoms with E-state index in [9.17, 15) is 4.79 Å². The van der Waals surface area contributed by atoms with Crippen LogP contribution in [0, 0.1) is 0 Å². The normalized spacial score (nSPS) is 10.4. The molecule has 0 saturated heterocycles. The second-order valence-corrected chi connectivity index (χ2v) is 5.07. The molecule has 4 nitrogen and oxygen atoms in total. The van der Waals surface area contributed by atoms with Crippen molar-refractivity contribution >= 4 is 28.1 Å². The van der Waals surface area contributed by atoms with Gasteiger partial charge in [-0.15, -0.1) is 11.3 Å². The van der Waals surface area contributed by atoms with Gasteiger partial charge in [-0.1, -0.05) is 32.0 Å². The molecular weight excluding hydrogens is 258 g/mol. The molecule has 0 aliphatic carbocycles. The summed E-state index contributed by atoms with van der Waals surface area (Å²) in [5.74, 6) is -0.205. The number of carbonyl (C=O) groups is 1. The van der Waals surface area contributed by atoms with Gasteiger partial charge in [0.1, 0.15) is 5.69 Å². The number of nitrogens with one attached hydrogen (secondary N) is 1. The molecule has 0 aliphatic heterocycles. The largest absolute Gasteiger partial charge is 0.375 e. The number of amides is 1. The summed E-state index contributed by atoms with van der Waals surface area (Å²) in [5, 5.41) is 5.04. The van der Waals surface area contributed by atoms with E-state index in [1.165, 1.54) is 11.3 Å². The Morgan fingerprint density at radius 3 is 2.42 bits per heavy atom. The third kappa shape index (κ3) is 2.93. The van der Waals surface area contributed by atoms with Gasteiger partial charge in [-0.25, -0.2) is 4.98 Å². The molecule has 0 spiro atoms. The second-order valence-electron chi connectivity index (χ2n) is 4.18. The van der Waals surface area contributed by atoms with Crippen LogP contribution in [-0.4, -0.2) is 10.9 Å². The number of carbonyl (C=O) groups excluding carboxylic acids is 1. The van der Waals surface area contributed by atoms with Gasteiger partial charge < -0.3 is 11.1 Å². The summed E-state index contributed by atoms with van der Waals surface area (Å²) in [6.07, 6.45) is 1.76. The van der Waals surface area contributed by atoms with Crippen LogP contribution in [0.1, 0.15) is 35.5 Å². The molecule has 0 radical (unpaired) electrons. The standard InChI is InChI=1S/C14H17N3OS/c1-3-9-6-5-7-10(4-2)12(9)17-13(18)11-8-19-14(15)16-11/h5-8H,3-4H2,1-2H3,(H2,15,16)(H,17,18). The minimum absolute atomic E-state index is 0.205. The molecule has 0 saturated carbocycles. The number of benzene rings is 1. The quantitative estimate of drug-likeness (QED) is 0.901. The first-order valence-electron chi connectivity index (χ1n) is 6.28. The second kappa shape index (κ2) is 5.84. The fourth-order valence-electron chi connectivity index (χ4n) is 1.97. The Balaban J connectivity index is 2.30. The molecule has 100 valence electrons. The maximum atomic E-state index is 12.1. The third-order valence-corrected chi connectivity index (χ3v) is 3.67. The van der Waals surface area contributed by atoms with Crippen LogP contribution in [0.2, 0.25) is 0 Å². The molecule has 1 aromatic heterocycles. The van der Waals surface area contributed by atoms with Gasteiger partial charge in [0.2, 0.25) is 0 Å². The Labute approximate surface area is 116 Å². The lowest BCUT2D eigenvalue weighted by Crippen LogP contribution is -2.15. The summed E-state index contributed by atoms with van der Waals surface area (Å²) in [7, 11) is 0. The monoisotopic (exact) mass is 275 g/mol. The molecule has 3 N–H and O–H groups in total. The number of nitrogen functional groups attached to an aromatic ring is 1. The molecule has 0 bridgehead atoms. The van der Waals surface area contributed by atoms with Crippen LogP contribution in [0.5, 0.6) is 0 Å². The molecule has 1 heterocycles. The number of thiazole rings is 1. The summed E-state index contributed by atoms with van der Waals surface area (Å²) in [6.45, 7) is 4.15. The number of rotatable bonds is 4. The van der Waals surface area contributed by atoms with Crippen molar-refractivity contribution in [3.63, 3.8) is 0 Å². The Hall–Kier alpha value is -1.88. The fourth-order valence-corrected chi connectivity index (χ4v) is 2.52. The van der Waals surface area contributed by atoms with E-state index >= 15 is 0 Å². The number of anilines is 2. The molecular formula is C14H17N3OS. The number of para-hydroxylation sites is 1. The first kappa shape index (κ1) is 13.5. The summed E-state index contributed by atoms with van der Waals surface area (Å²) < 4.78 is 0. The topological polar surface area (TPSA) is 68.0 Å². The van der Waals surface area contributed by atoms with E-state index in [-0.39, 0.29) is 5.91 Å². The molecule has 19 heavy (non-hydrogen) atoms. The van der Waals surface area contributed by atoms with E-state index in [1.54, 1.807) is 5.38 Å². The highest BCUT2D eigenvalue weighted by Gasteiger charge is 2.13. The molecule has 0 fully saturated rings. The van der Waals surface area contributed by atoms with E-state index in [0.29, 0.717) is 10.8 Å². The molecule has 0 aliphatic rings. The molecule has 2 aromatic rings. The van der Waals surface area contributed by atoms with Gasteiger partial charge in [-0.3, -0.25) is 4.79 Å². The zero-order valence-electron chi connectivity index (χ0n) is 11.1. The zero-order chi connectivity index (χ0) is 13.8. The lowest BCUT2D eigenvalue weighted by molar-refractivity contribution is 0.102. The molecule has 1 amide bonds. The van der Waals surface area contributed by atoms with Crippen molar-refractivity contribution in [3.8, 4) is 0 Å². The highest BCUT2D eigenvalue weighted by atomic mass is 32.1. The Morgan fingerprint density at radius 2 is 1.95 bits per heavy atom. The average molecular weight is 275 g/mol. The molecule has 1 aromatic carbocycles. The summed E-state index contributed by atoms with van der Waals surface area (Å²) in [6, 6.07) is 6.09. The summed E-state index contributed by atoms with van der Waals surface area (Å²) in [4.78, 5) is 16.1. The molecule has 5 heteroatoms. The van der Waals surface area contributed by atoms with Crippen LogP contribution in [0.3, 0.4) is 0 Å². The van der Waals surface area contributed by atoms with Gasteiger partial charge in [0.05, 0.1) is 0 Å². The molecule has 2 rings (SSSR count). The predicted molar refractivity (Wildman–Crippen MR) is 79.7 cm³/mol. The average Bonchev–Trinajstić information content (AvgIpc) is 2.85. The van der Waals surface area contributed by atoms with Crippen LogP contribution in [0.15, 0.2) is 23.6 Å². The van der Waals surface area contributed by atoms with Gasteiger partial charge in [-0.2, -0.15) is 0 Å². The van der Waals surface area contributed by atoms with Gasteiger partial charge >= 0.3 is 0 Å². The van der Waals surface area contributed by atoms with Gasteiger partial charge in [0, 0.05) is 11.1 Å². The molecule has 0 atom stereocenters. The van der Waals surface area contributed by atoms with E-state index in [4.69, 9.17) is 5.73 Å². The van der Waals surface area contributed by atoms with Crippen LogP contribution >= 0.6 is 11.3 Å². The third-order valence-electron chi connectivity index (χ3n) is 2.99. The van der Waals surface area contributed by atoms with Gasteiger partial charge in [0.25, 0.3) is 5.91 Å². The minimum Gasteiger partial charge on any atom is -0.375 e. The number of aromatic nitrogens is 1. The zero-order valence-corrected chi connectivity index (χ0v) is 11.9. The lowest BCUT2D eigenvalue weighted by Gasteiger charge is -2.13.